The van der Waals surface area contributed by atoms with Gasteiger partial charge in [-0.3, -0.25) is 19.8 Å². The average molecular weight is 439 g/mol. The summed E-state index contributed by atoms with van der Waals surface area (Å²) in [6.45, 7) is 7.72. The van der Waals surface area contributed by atoms with Crippen LogP contribution in [-0.4, -0.2) is 34.5 Å². The molecule has 0 radical (unpaired) electrons. The molecule has 2 rings (SSSR count). The Labute approximate surface area is 177 Å². The molecular weight excluding hydrogens is 415 g/mol. The molecule has 0 saturated carbocycles. The van der Waals surface area contributed by atoms with E-state index >= 15 is 0 Å². The van der Waals surface area contributed by atoms with Gasteiger partial charge in [0, 0.05) is 11.1 Å². The monoisotopic (exact) mass is 439 g/mol. The topological polar surface area (TPSA) is 91.5 Å². The van der Waals surface area contributed by atoms with Crippen LogP contribution < -0.4 is 15.7 Å². The number of hydrogen-bond acceptors (Lipinski definition) is 4. The maximum atomic E-state index is 13.2. The molecule has 0 spiro atoms. The lowest BCUT2D eigenvalue weighted by Gasteiger charge is -2.35. The molecule has 0 unspecified atom stereocenters. The first-order chi connectivity index (χ1) is 14.2. The van der Waals surface area contributed by atoms with E-state index < -0.39 is 40.3 Å². The molecule has 0 saturated heterocycles. The standard InChI is InChI=1S/C21H24F3N3O4/c1-11-10-15(21(22,23)24)25-18(29)16(11)19(30)27(20(3,4)5)26-17(28)13-8-7-9-14(31-6)12(13)2/h7-10H,1-6H3,(H,25,29)(H,26,28). The first-order valence-electron chi connectivity index (χ1n) is 9.28. The number of pyridine rings is 1. The van der Waals surface area contributed by atoms with E-state index in [1.54, 1.807) is 44.8 Å². The van der Waals surface area contributed by atoms with Crippen molar-refractivity contribution in [2.75, 3.05) is 7.11 Å². The van der Waals surface area contributed by atoms with Crippen molar-refractivity contribution in [1.82, 2.24) is 15.4 Å². The van der Waals surface area contributed by atoms with Gasteiger partial charge in [0.25, 0.3) is 17.4 Å². The van der Waals surface area contributed by atoms with Crippen LogP contribution in [0, 0.1) is 13.8 Å². The van der Waals surface area contributed by atoms with Crippen molar-refractivity contribution < 1.29 is 27.5 Å². The van der Waals surface area contributed by atoms with Gasteiger partial charge in [0.05, 0.1) is 12.6 Å². The summed E-state index contributed by atoms with van der Waals surface area (Å²) < 4.78 is 44.1. The Morgan fingerprint density at radius 2 is 1.74 bits per heavy atom. The van der Waals surface area contributed by atoms with E-state index in [0.717, 1.165) is 5.01 Å². The number of H-pyrrole nitrogens is 1. The summed E-state index contributed by atoms with van der Waals surface area (Å²) >= 11 is 0. The second-order valence-electron chi connectivity index (χ2n) is 7.95. The van der Waals surface area contributed by atoms with Gasteiger partial charge in [-0.25, -0.2) is 5.01 Å². The average Bonchev–Trinajstić information content (AvgIpc) is 2.63. The molecule has 1 aromatic heterocycles. The Bertz CT molecular complexity index is 1070. The maximum Gasteiger partial charge on any atom is 0.431 e. The van der Waals surface area contributed by atoms with Gasteiger partial charge in [-0.1, -0.05) is 6.07 Å². The Morgan fingerprint density at radius 1 is 1.13 bits per heavy atom. The van der Waals surface area contributed by atoms with E-state index in [1.165, 1.54) is 20.1 Å². The van der Waals surface area contributed by atoms with Gasteiger partial charge < -0.3 is 9.72 Å². The lowest BCUT2D eigenvalue weighted by Crippen LogP contribution is -2.57. The van der Waals surface area contributed by atoms with E-state index in [9.17, 15) is 27.6 Å². The van der Waals surface area contributed by atoms with E-state index in [4.69, 9.17) is 4.74 Å². The molecule has 7 nitrogen and oxygen atoms in total. The quantitative estimate of drug-likeness (QED) is 0.715. The number of alkyl halides is 3. The maximum absolute atomic E-state index is 13.2. The highest BCUT2D eigenvalue weighted by Crippen LogP contribution is 2.28. The fourth-order valence-electron chi connectivity index (χ4n) is 2.99. The van der Waals surface area contributed by atoms with Crippen molar-refractivity contribution in [3.63, 3.8) is 0 Å². The van der Waals surface area contributed by atoms with Crippen LogP contribution in [0.4, 0.5) is 13.2 Å². The molecule has 0 aliphatic heterocycles. The van der Waals surface area contributed by atoms with Crippen molar-refractivity contribution in [2.24, 2.45) is 0 Å². The summed E-state index contributed by atoms with van der Waals surface area (Å²) in [5, 5.41) is 0.930. The third-order valence-corrected chi connectivity index (χ3v) is 4.59. The fraction of sp³-hybridized carbons (Fsp3) is 0.381. The van der Waals surface area contributed by atoms with E-state index in [-0.39, 0.29) is 11.1 Å². The van der Waals surface area contributed by atoms with Crippen molar-refractivity contribution >= 4 is 11.8 Å². The highest BCUT2D eigenvalue weighted by molar-refractivity contribution is 6.00. The number of carbonyl (C=O) groups is 2. The summed E-state index contributed by atoms with van der Waals surface area (Å²) in [7, 11) is 1.45. The number of hydrazine groups is 1. The second-order valence-corrected chi connectivity index (χ2v) is 7.95. The minimum Gasteiger partial charge on any atom is -0.496 e. The predicted octanol–water partition coefficient (Wildman–Crippen LogP) is 3.60. The second kappa shape index (κ2) is 8.44. The lowest BCUT2D eigenvalue weighted by atomic mass is 10.0. The summed E-state index contributed by atoms with van der Waals surface area (Å²) in [5.74, 6) is -1.11. The molecule has 2 N–H and O–H groups in total. The summed E-state index contributed by atoms with van der Waals surface area (Å²) in [5.41, 5.74) is -0.866. The van der Waals surface area contributed by atoms with Crippen LogP contribution in [0.15, 0.2) is 29.1 Å². The van der Waals surface area contributed by atoms with E-state index in [0.29, 0.717) is 17.4 Å². The Morgan fingerprint density at radius 3 is 2.23 bits per heavy atom. The molecule has 0 aliphatic rings. The van der Waals surface area contributed by atoms with Gasteiger partial charge in [0.2, 0.25) is 0 Å². The molecule has 0 bridgehead atoms. The summed E-state index contributed by atoms with van der Waals surface area (Å²) in [6, 6.07) is 5.50. The first-order valence-corrected chi connectivity index (χ1v) is 9.28. The van der Waals surface area contributed by atoms with Gasteiger partial charge in [0.1, 0.15) is 17.0 Å². The van der Waals surface area contributed by atoms with Crippen LogP contribution in [-0.2, 0) is 6.18 Å². The molecule has 10 heteroatoms. The van der Waals surface area contributed by atoms with Crippen LogP contribution in [0.25, 0.3) is 0 Å². The van der Waals surface area contributed by atoms with Gasteiger partial charge in [-0.05, 0) is 58.4 Å². The fourth-order valence-corrected chi connectivity index (χ4v) is 2.99. The molecule has 2 amide bonds. The zero-order valence-corrected chi connectivity index (χ0v) is 18.0. The van der Waals surface area contributed by atoms with Crippen LogP contribution in [0.5, 0.6) is 5.75 Å². The van der Waals surface area contributed by atoms with Crippen LogP contribution in [0.1, 0.15) is 58.3 Å². The predicted molar refractivity (Wildman–Crippen MR) is 108 cm³/mol. The molecule has 0 atom stereocenters. The van der Waals surface area contributed by atoms with Gasteiger partial charge in [0.15, 0.2) is 0 Å². The van der Waals surface area contributed by atoms with Crippen LogP contribution in [0.2, 0.25) is 0 Å². The smallest absolute Gasteiger partial charge is 0.431 e. The number of rotatable bonds is 3. The number of hydrogen-bond donors (Lipinski definition) is 2. The number of aromatic amines is 1. The van der Waals surface area contributed by atoms with Crippen LogP contribution >= 0.6 is 0 Å². The molecule has 0 aliphatic carbocycles. The number of ether oxygens (including phenoxy) is 1. The molecule has 1 heterocycles. The number of methoxy groups -OCH3 is 1. The minimum atomic E-state index is -4.77. The highest BCUT2D eigenvalue weighted by Gasteiger charge is 2.36. The molecule has 2 aromatic rings. The summed E-state index contributed by atoms with van der Waals surface area (Å²) in [6.07, 6.45) is -4.77. The molecule has 1 aromatic carbocycles. The SMILES string of the molecule is COc1cccc(C(=O)NN(C(=O)c2c(C)cc(C(F)(F)F)[nH]c2=O)C(C)(C)C)c1C. The van der Waals surface area contributed by atoms with Crippen molar-refractivity contribution in [1.29, 1.82) is 0 Å². The van der Waals surface area contributed by atoms with Crippen molar-refractivity contribution in [3.05, 3.63) is 62.6 Å². The Hall–Kier alpha value is -3.30. The largest absolute Gasteiger partial charge is 0.496 e. The van der Waals surface area contributed by atoms with E-state index in [1.807, 2.05) is 0 Å². The van der Waals surface area contributed by atoms with Gasteiger partial charge >= 0.3 is 6.18 Å². The van der Waals surface area contributed by atoms with Crippen molar-refractivity contribution in [3.8, 4) is 5.75 Å². The molecule has 168 valence electrons. The van der Waals surface area contributed by atoms with Gasteiger partial charge in [-0.15, -0.1) is 0 Å². The number of amides is 2. The highest BCUT2D eigenvalue weighted by atomic mass is 19.4. The number of nitrogens with zero attached hydrogens (tertiary/aromatic N) is 1. The zero-order chi connectivity index (χ0) is 23.7. The summed E-state index contributed by atoms with van der Waals surface area (Å²) in [4.78, 5) is 40.1. The van der Waals surface area contributed by atoms with Gasteiger partial charge in [-0.2, -0.15) is 13.2 Å². The third-order valence-electron chi connectivity index (χ3n) is 4.59. The number of halogens is 3. The number of carbonyl (C=O) groups excluding carboxylic acids is 2. The number of benzene rings is 1. The number of aromatic nitrogens is 1. The van der Waals surface area contributed by atoms with Crippen molar-refractivity contribution in [2.45, 2.75) is 46.3 Å². The van der Waals surface area contributed by atoms with E-state index in [2.05, 4.69) is 5.43 Å². The number of nitrogens with one attached hydrogen (secondary N) is 2. The minimum absolute atomic E-state index is 0.165. The Kier molecular flexibility index (Phi) is 6.53. The Balaban J connectivity index is 2.48. The molecular formula is C21H24F3N3O4. The molecule has 0 fully saturated rings. The normalized spacial score (nSPS) is 11.8. The lowest BCUT2D eigenvalue weighted by molar-refractivity contribution is -0.141. The molecule has 31 heavy (non-hydrogen) atoms. The third kappa shape index (κ3) is 5.07. The first kappa shape index (κ1) is 24.0. The number of aryl methyl sites for hydroxylation is 1. The zero-order valence-electron chi connectivity index (χ0n) is 18.0. The van der Waals surface area contributed by atoms with Crippen LogP contribution in [0.3, 0.4) is 0 Å².